The van der Waals surface area contributed by atoms with Crippen molar-refractivity contribution >= 4 is 31.9 Å². The zero-order valence-corrected chi connectivity index (χ0v) is 12.0. The molecule has 0 spiro atoms. The molecule has 0 unspecified atom stereocenters. The van der Waals surface area contributed by atoms with Crippen molar-refractivity contribution in [2.75, 3.05) is 13.1 Å². The second-order valence-electron chi connectivity index (χ2n) is 3.57. The van der Waals surface area contributed by atoms with E-state index >= 15 is 0 Å². The van der Waals surface area contributed by atoms with E-state index in [1.54, 1.807) is 6.92 Å². The van der Waals surface area contributed by atoms with Crippen molar-refractivity contribution < 1.29 is 18.3 Å². The summed E-state index contributed by atoms with van der Waals surface area (Å²) >= 11 is 3.15. The third kappa shape index (κ3) is 3.29. The Bertz CT molecular complexity index is 571. The maximum Gasteiger partial charge on any atom is 0.336 e. The summed E-state index contributed by atoms with van der Waals surface area (Å²) in [5.74, 6) is -1.18. The first kappa shape index (κ1) is 15.1. The molecule has 4 N–H and O–H groups in total. The summed E-state index contributed by atoms with van der Waals surface area (Å²) in [5.41, 5.74) is 5.63. The molecule has 18 heavy (non-hydrogen) atoms. The third-order valence-electron chi connectivity index (χ3n) is 2.29. The first-order valence-corrected chi connectivity index (χ1v) is 7.30. The Kier molecular flexibility index (Phi) is 4.85. The van der Waals surface area contributed by atoms with Crippen LogP contribution < -0.4 is 10.5 Å². The minimum absolute atomic E-state index is 0.0579. The molecule has 0 aromatic heterocycles. The molecule has 6 nitrogen and oxygen atoms in total. The number of benzene rings is 1. The number of halogens is 1. The Morgan fingerprint density at radius 1 is 1.50 bits per heavy atom. The van der Waals surface area contributed by atoms with Crippen molar-refractivity contribution in [2.45, 2.75) is 11.8 Å². The summed E-state index contributed by atoms with van der Waals surface area (Å²) in [5, 5.41) is 9.00. The molecule has 0 heterocycles. The van der Waals surface area contributed by atoms with Gasteiger partial charge >= 0.3 is 5.97 Å². The van der Waals surface area contributed by atoms with Gasteiger partial charge in [0.15, 0.2) is 0 Å². The third-order valence-corrected chi connectivity index (χ3v) is 4.56. The van der Waals surface area contributed by atoms with Crippen LogP contribution in [0.25, 0.3) is 0 Å². The highest BCUT2D eigenvalue weighted by atomic mass is 79.9. The molecule has 0 atom stereocenters. The van der Waals surface area contributed by atoms with Crippen LogP contribution in [0.1, 0.15) is 15.9 Å². The topological polar surface area (TPSA) is 109 Å². The molecule has 1 aromatic carbocycles. The van der Waals surface area contributed by atoms with E-state index in [2.05, 4.69) is 20.7 Å². The number of nitrogens with two attached hydrogens (primary N) is 1. The van der Waals surface area contributed by atoms with E-state index < -0.39 is 16.0 Å². The Balaban J connectivity index is 3.31. The first-order valence-electron chi connectivity index (χ1n) is 5.02. The summed E-state index contributed by atoms with van der Waals surface area (Å²) < 4.78 is 26.4. The second kappa shape index (κ2) is 5.79. The second-order valence-corrected chi connectivity index (χ2v) is 6.19. The van der Waals surface area contributed by atoms with Crippen LogP contribution in [0.5, 0.6) is 0 Å². The minimum Gasteiger partial charge on any atom is -0.478 e. The molecule has 0 aliphatic heterocycles. The van der Waals surface area contributed by atoms with Crippen molar-refractivity contribution in [1.29, 1.82) is 0 Å². The first-order chi connectivity index (χ1) is 8.29. The van der Waals surface area contributed by atoms with Crippen molar-refractivity contribution in [3.05, 3.63) is 27.7 Å². The van der Waals surface area contributed by atoms with E-state index in [4.69, 9.17) is 10.8 Å². The number of hydrogen-bond donors (Lipinski definition) is 3. The fraction of sp³-hybridized carbons (Fsp3) is 0.300. The van der Waals surface area contributed by atoms with Crippen molar-refractivity contribution in [3.63, 3.8) is 0 Å². The van der Waals surface area contributed by atoms with E-state index in [0.717, 1.165) is 6.07 Å². The van der Waals surface area contributed by atoms with Crippen LogP contribution in [0.2, 0.25) is 0 Å². The van der Waals surface area contributed by atoms with E-state index in [0.29, 0.717) is 10.0 Å². The van der Waals surface area contributed by atoms with Gasteiger partial charge in [0.25, 0.3) is 0 Å². The number of hydrogen-bond acceptors (Lipinski definition) is 4. The van der Waals surface area contributed by atoms with Crippen LogP contribution in [0, 0.1) is 6.92 Å². The van der Waals surface area contributed by atoms with Crippen molar-refractivity contribution in [1.82, 2.24) is 4.72 Å². The van der Waals surface area contributed by atoms with Gasteiger partial charge in [-0.25, -0.2) is 17.9 Å². The van der Waals surface area contributed by atoms with Gasteiger partial charge in [0.1, 0.15) is 0 Å². The Morgan fingerprint density at radius 2 is 2.11 bits per heavy atom. The average molecular weight is 337 g/mol. The Labute approximate surface area is 113 Å². The summed E-state index contributed by atoms with van der Waals surface area (Å²) in [4.78, 5) is 10.9. The Hall–Kier alpha value is -0.960. The molecule has 100 valence electrons. The number of aromatic carboxylic acids is 1. The van der Waals surface area contributed by atoms with Gasteiger partial charge in [0, 0.05) is 17.6 Å². The number of carbonyl (C=O) groups is 1. The fourth-order valence-electron chi connectivity index (χ4n) is 1.31. The van der Waals surface area contributed by atoms with Crippen LogP contribution >= 0.6 is 15.9 Å². The van der Waals surface area contributed by atoms with Crippen LogP contribution in [0.15, 0.2) is 21.5 Å². The number of carboxylic acid groups (broad SMARTS) is 1. The van der Waals surface area contributed by atoms with Gasteiger partial charge in [-0.05, 0) is 24.6 Å². The standard InChI is InChI=1S/C10H13BrN2O4S/c1-6-8(10(14)15)4-7(5-9(6)11)18(16,17)13-3-2-12/h4-5,13H,2-3,12H2,1H3,(H,14,15). The molecule has 0 fully saturated rings. The minimum atomic E-state index is -3.74. The quantitative estimate of drug-likeness (QED) is 0.732. The van der Waals surface area contributed by atoms with Crippen LogP contribution in [0.3, 0.4) is 0 Å². The lowest BCUT2D eigenvalue weighted by molar-refractivity contribution is 0.0695. The molecule has 0 aliphatic rings. The maximum atomic E-state index is 11.8. The largest absolute Gasteiger partial charge is 0.478 e. The highest BCUT2D eigenvalue weighted by Crippen LogP contribution is 2.24. The van der Waals surface area contributed by atoms with E-state index in [1.807, 2.05) is 0 Å². The summed E-state index contributed by atoms with van der Waals surface area (Å²) in [6.45, 7) is 1.85. The summed E-state index contributed by atoms with van der Waals surface area (Å²) in [7, 11) is -3.74. The molecule has 0 aliphatic carbocycles. The molecule has 0 radical (unpaired) electrons. The normalized spacial score (nSPS) is 11.5. The van der Waals surface area contributed by atoms with E-state index in [-0.39, 0.29) is 23.5 Å². The monoisotopic (exact) mass is 336 g/mol. The molecular formula is C10H13BrN2O4S. The van der Waals surface area contributed by atoms with Crippen molar-refractivity contribution in [2.24, 2.45) is 5.73 Å². The van der Waals surface area contributed by atoms with Crippen LogP contribution in [-0.2, 0) is 10.0 Å². The van der Waals surface area contributed by atoms with E-state index in [1.165, 1.54) is 6.07 Å². The molecule has 1 rings (SSSR count). The number of rotatable bonds is 5. The molecule has 8 heteroatoms. The Morgan fingerprint density at radius 3 is 2.61 bits per heavy atom. The highest BCUT2D eigenvalue weighted by molar-refractivity contribution is 9.10. The van der Waals surface area contributed by atoms with Gasteiger partial charge in [0.2, 0.25) is 10.0 Å². The molecule has 1 aromatic rings. The van der Waals surface area contributed by atoms with Gasteiger partial charge < -0.3 is 10.8 Å². The van der Waals surface area contributed by atoms with E-state index in [9.17, 15) is 13.2 Å². The predicted octanol–water partition coefficient (Wildman–Crippen LogP) is 0.693. The van der Waals surface area contributed by atoms with Crippen LogP contribution in [-0.4, -0.2) is 32.6 Å². The SMILES string of the molecule is Cc1c(Br)cc(S(=O)(=O)NCCN)cc1C(=O)O. The predicted molar refractivity (Wildman–Crippen MR) is 70.1 cm³/mol. The molecule has 0 saturated heterocycles. The number of carboxylic acids is 1. The van der Waals surface area contributed by atoms with Gasteiger partial charge in [-0.1, -0.05) is 15.9 Å². The average Bonchev–Trinajstić information content (AvgIpc) is 2.29. The van der Waals surface area contributed by atoms with Crippen molar-refractivity contribution in [3.8, 4) is 0 Å². The molecule has 0 saturated carbocycles. The van der Waals surface area contributed by atoms with Gasteiger partial charge in [-0.15, -0.1) is 0 Å². The summed E-state index contributed by atoms with van der Waals surface area (Å²) in [6.07, 6.45) is 0. The highest BCUT2D eigenvalue weighted by Gasteiger charge is 2.19. The van der Waals surface area contributed by atoms with Crippen LogP contribution in [0.4, 0.5) is 0 Å². The van der Waals surface area contributed by atoms with Gasteiger partial charge in [-0.2, -0.15) is 0 Å². The summed E-state index contributed by atoms with van der Waals surface area (Å²) in [6, 6.07) is 2.49. The smallest absolute Gasteiger partial charge is 0.336 e. The zero-order chi connectivity index (χ0) is 13.9. The zero-order valence-electron chi connectivity index (χ0n) is 9.60. The lowest BCUT2D eigenvalue weighted by atomic mass is 10.1. The van der Waals surface area contributed by atoms with Gasteiger partial charge in [0.05, 0.1) is 10.5 Å². The maximum absolute atomic E-state index is 11.8. The number of sulfonamides is 1. The molecular weight excluding hydrogens is 324 g/mol. The molecule has 0 amide bonds. The number of nitrogens with one attached hydrogen (secondary N) is 1. The lowest BCUT2D eigenvalue weighted by Gasteiger charge is -2.09. The lowest BCUT2D eigenvalue weighted by Crippen LogP contribution is -2.29. The fourth-order valence-corrected chi connectivity index (χ4v) is 3.02. The van der Waals surface area contributed by atoms with Gasteiger partial charge in [-0.3, -0.25) is 0 Å². The molecule has 0 bridgehead atoms.